The lowest BCUT2D eigenvalue weighted by Crippen LogP contribution is -2.05. The number of sulfone groups is 1. The van der Waals surface area contributed by atoms with Crippen molar-refractivity contribution in [2.75, 3.05) is 0 Å². The zero-order valence-electron chi connectivity index (χ0n) is 12.5. The molecule has 0 amide bonds. The number of hydrogen-bond acceptors (Lipinski definition) is 5. The fraction of sp³-hybridized carbons (Fsp3) is 0.118. The maximum absolute atomic E-state index is 12.7. The maximum Gasteiger partial charge on any atom is 0.228 e. The number of aromatic nitrogens is 1. The van der Waals surface area contributed by atoms with Crippen LogP contribution < -0.4 is 4.74 Å². The summed E-state index contributed by atoms with van der Waals surface area (Å²) in [5, 5.41) is 0.289. The van der Waals surface area contributed by atoms with Crippen LogP contribution in [-0.2, 0) is 16.4 Å². The Morgan fingerprint density at radius 2 is 1.74 bits per heavy atom. The van der Waals surface area contributed by atoms with E-state index >= 15 is 0 Å². The predicted octanol–water partition coefficient (Wildman–Crippen LogP) is 3.86. The third kappa shape index (κ3) is 3.43. The van der Waals surface area contributed by atoms with E-state index in [2.05, 4.69) is 4.98 Å². The third-order valence-corrected chi connectivity index (χ3v) is 5.86. The molecule has 0 spiro atoms. The molecule has 1 aromatic heterocycles. The minimum absolute atomic E-state index is 0.0257. The summed E-state index contributed by atoms with van der Waals surface area (Å²) >= 11 is 1.18. The van der Waals surface area contributed by atoms with Crippen LogP contribution in [0, 0.1) is 6.92 Å². The van der Waals surface area contributed by atoms with E-state index in [0.29, 0.717) is 11.7 Å². The monoisotopic (exact) mass is 345 g/mol. The van der Waals surface area contributed by atoms with Gasteiger partial charge in [-0.3, -0.25) is 0 Å². The quantitative estimate of drug-likeness (QED) is 0.704. The van der Waals surface area contributed by atoms with E-state index in [4.69, 9.17) is 4.74 Å². The van der Waals surface area contributed by atoms with Crippen molar-refractivity contribution in [2.45, 2.75) is 23.5 Å². The number of aryl methyl sites for hydroxylation is 1. The molecule has 4 nitrogen and oxygen atoms in total. The van der Waals surface area contributed by atoms with Crippen LogP contribution in [0.15, 0.2) is 70.0 Å². The summed E-state index contributed by atoms with van der Waals surface area (Å²) in [5.41, 5.74) is 3.46. The lowest BCUT2D eigenvalue weighted by atomic mass is 10.2. The van der Waals surface area contributed by atoms with Gasteiger partial charge in [-0.15, -0.1) is 0 Å². The van der Waals surface area contributed by atoms with Gasteiger partial charge < -0.3 is 4.74 Å². The molecular weight excluding hydrogens is 330 g/mol. The van der Waals surface area contributed by atoms with E-state index in [1.807, 2.05) is 37.3 Å². The van der Waals surface area contributed by atoms with Crippen LogP contribution in [0.5, 0.6) is 5.06 Å². The van der Waals surface area contributed by atoms with Gasteiger partial charge in [-0.1, -0.05) is 59.4 Å². The summed E-state index contributed by atoms with van der Waals surface area (Å²) in [5.74, 6) is 0. The van der Waals surface area contributed by atoms with Crippen molar-refractivity contribution < 1.29 is 13.2 Å². The van der Waals surface area contributed by atoms with Gasteiger partial charge in [0.25, 0.3) is 0 Å². The van der Waals surface area contributed by atoms with Gasteiger partial charge in [0.15, 0.2) is 0 Å². The Hall–Kier alpha value is -2.18. The molecule has 2 aromatic carbocycles. The minimum atomic E-state index is -3.67. The van der Waals surface area contributed by atoms with Gasteiger partial charge in [0.05, 0.1) is 10.4 Å². The van der Waals surface area contributed by atoms with E-state index < -0.39 is 9.84 Å². The van der Waals surface area contributed by atoms with Crippen LogP contribution in [0.2, 0.25) is 0 Å². The number of hydrogen-bond donors (Lipinski definition) is 0. The van der Waals surface area contributed by atoms with E-state index in [0.717, 1.165) is 11.1 Å². The number of ether oxygens (including phenoxy) is 1. The smallest absolute Gasteiger partial charge is 0.228 e. The van der Waals surface area contributed by atoms with E-state index in [-0.39, 0.29) is 9.92 Å². The first-order valence-corrected chi connectivity index (χ1v) is 9.35. The second-order valence-corrected chi connectivity index (χ2v) is 7.72. The van der Waals surface area contributed by atoms with E-state index in [1.54, 1.807) is 24.3 Å². The first-order chi connectivity index (χ1) is 11.1. The molecule has 0 saturated carbocycles. The van der Waals surface area contributed by atoms with Crippen molar-refractivity contribution in [3.05, 3.63) is 71.2 Å². The van der Waals surface area contributed by atoms with Gasteiger partial charge in [-0.25, -0.2) is 13.4 Å². The number of benzene rings is 2. The third-order valence-electron chi connectivity index (χ3n) is 3.30. The highest BCUT2D eigenvalue weighted by Crippen LogP contribution is 2.32. The van der Waals surface area contributed by atoms with Crippen LogP contribution in [0.1, 0.15) is 11.1 Å². The van der Waals surface area contributed by atoms with Crippen molar-refractivity contribution in [2.24, 2.45) is 0 Å². The Kier molecular flexibility index (Phi) is 4.45. The molecule has 0 fully saturated rings. The van der Waals surface area contributed by atoms with Crippen LogP contribution >= 0.6 is 11.3 Å². The Labute approximate surface area is 139 Å². The van der Waals surface area contributed by atoms with Gasteiger partial charge in [-0.05, 0) is 24.6 Å². The van der Waals surface area contributed by atoms with Crippen LogP contribution in [0.3, 0.4) is 0 Å². The Morgan fingerprint density at radius 1 is 1.04 bits per heavy atom. The first kappa shape index (κ1) is 15.7. The first-order valence-electron chi connectivity index (χ1n) is 6.99. The Morgan fingerprint density at radius 3 is 2.43 bits per heavy atom. The number of nitrogens with zero attached hydrogens (tertiary/aromatic N) is 1. The lowest BCUT2D eigenvalue weighted by molar-refractivity contribution is 0.306. The summed E-state index contributed by atoms with van der Waals surface area (Å²) in [6.07, 6.45) is 0. The molecule has 0 aliphatic carbocycles. The molecule has 0 radical (unpaired) electrons. The summed E-state index contributed by atoms with van der Waals surface area (Å²) < 4.78 is 31.1. The van der Waals surface area contributed by atoms with Crippen LogP contribution in [0.25, 0.3) is 0 Å². The summed E-state index contributed by atoms with van der Waals surface area (Å²) in [6.45, 7) is 2.22. The van der Waals surface area contributed by atoms with Gasteiger partial charge in [0.1, 0.15) is 6.61 Å². The average molecular weight is 345 g/mol. The van der Waals surface area contributed by atoms with Gasteiger partial charge >= 0.3 is 0 Å². The van der Waals surface area contributed by atoms with E-state index in [9.17, 15) is 8.42 Å². The SMILES string of the molecule is Cc1ccc(S(=O)(=O)c2ncsc2OCc2ccccc2)cc1. The molecule has 0 aliphatic rings. The highest BCUT2D eigenvalue weighted by molar-refractivity contribution is 7.91. The molecule has 3 aromatic rings. The minimum Gasteiger partial charge on any atom is -0.477 e. The van der Waals surface area contributed by atoms with Crippen molar-refractivity contribution in [3.63, 3.8) is 0 Å². The fourth-order valence-electron chi connectivity index (χ4n) is 2.05. The molecule has 118 valence electrons. The molecule has 0 bridgehead atoms. The highest BCUT2D eigenvalue weighted by atomic mass is 32.2. The summed E-state index contributed by atoms with van der Waals surface area (Å²) in [7, 11) is -3.67. The van der Waals surface area contributed by atoms with Crippen LogP contribution in [0.4, 0.5) is 0 Å². The standard InChI is InChI=1S/C17H15NO3S2/c1-13-7-9-15(10-8-13)23(19,20)16-17(22-12-18-16)21-11-14-5-3-2-4-6-14/h2-10,12H,11H2,1H3. The molecule has 0 atom stereocenters. The summed E-state index contributed by atoms with van der Waals surface area (Å²) in [4.78, 5) is 4.23. The van der Waals surface area contributed by atoms with Crippen molar-refractivity contribution in [1.29, 1.82) is 0 Å². The van der Waals surface area contributed by atoms with Gasteiger partial charge in [-0.2, -0.15) is 0 Å². The Balaban J connectivity index is 1.86. The second-order valence-electron chi connectivity index (χ2n) is 5.04. The molecule has 1 heterocycles. The molecule has 3 rings (SSSR count). The zero-order chi connectivity index (χ0) is 16.3. The van der Waals surface area contributed by atoms with Gasteiger partial charge in [0, 0.05) is 0 Å². The van der Waals surface area contributed by atoms with Gasteiger partial charge in [0.2, 0.25) is 19.9 Å². The van der Waals surface area contributed by atoms with E-state index in [1.165, 1.54) is 16.8 Å². The molecule has 0 aliphatic heterocycles. The Bertz CT molecular complexity index is 885. The lowest BCUT2D eigenvalue weighted by Gasteiger charge is -2.07. The largest absolute Gasteiger partial charge is 0.477 e. The topological polar surface area (TPSA) is 56.3 Å². The second kappa shape index (κ2) is 6.52. The molecular formula is C17H15NO3S2. The highest BCUT2D eigenvalue weighted by Gasteiger charge is 2.25. The molecule has 0 N–H and O–H groups in total. The van der Waals surface area contributed by atoms with Crippen LogP contribution in [-0.4, -0.2) is 13.4 Å². The van der Waals surface area contributed by atoms with Crippen molar-refractivity contribution in [1.82, 2.24) is 4.98 Å². The van der Waals surface area contributed by atoms with Crippen molar-refractivity contribution >= 4 is 21.2 Å². The molecule has 0 unspecified atom stereocenters. The number of rotatable bonds is 5. The predicted molar refractivity (Wildman–Crippen MR) is 89.5 cm³/mol. The molecule has 0 saturated heterocycles. The zero-order valence-corrected chi connectivity index (χ0v) is 14.1. The molecule has 6 heteroatoms. The van der Waals surface area contributed by atoms with Crippen molar-refractivity contribution in [3.8, 4) is 5.06 Å². The number of thiazole rings is 1. The molecule has 23 heavy (non-hydrogen) atoms. The fourth-order valence-corrected chi connectivity index (χ4v) is 4.31. The average Bonchev–Trinajstić information content (AvgIpc) is 3.04. The normalized spacial score (nSPS) is 11.3. The summed E-state index contributed by atoms with van der Waals surface area (Å²) in [6, 6.07) is 16.3. The maximum atomic E-state index is 12.7.